The topological polar surface area (TPSA) is 82.1 Å². The summed E-state index contributed by atoms with van der Waals surface area (Å²) in [5.74, 6) is -0.435. The second-order valence-corrected chi connectivity index (χ2v) is 4.08. The van der Waals surface area contributed by atoms with Crippen LogP contribution in [-0.4, -0.2) is 12.5 Å². The van der Waals surface area contributed by atoms with Crippen LogP contribution in [0.2, 0.25) is 0 Å². The van der Waals surface area contributed by atoms with Gasteiger partial charge in [-0.05, 0) is 11.6 Å². The zero-order valence-electron chi connectivity index (χ0n) is 10.3. The van der Waals surface area contributed by atoms with E-state index in [1.807, 2.05) is 30.3 Å². The van der Waals surface area contributed by atoms with E-state index in [9.17, 15) is 10.0 Å². The molecule has 0 fully saturated rings. The standard InChI is InChI=1S/C14H15N3O2/c15-10-12(11-6-2-1-3-7-11)16-14(18)13-8-4-5-9-17(13)19/h1-9,12H,10,15H2,(H,16,18). The van der Waals surface area contributed by atoms with Crippen LogP contribution in [-0.2, 0) is 0 Å². The van der Waals surface area contributed by atoms with E-state index in [1.54, 1.807) is 12.1 Å². The molecule has 1 amide bonds. The number of hydrogen-bond acceptors (Lipinski definition) is 3. The molecule has 3 N–H and O–H groups in total. The molecule has 1 atom stereocenters. The van der Waals surface area contributed by atoms with E-state index >= 15 is 0 Å². The van der Waals surface area contributed by atoms with Crippen LogP contribution in [0.25, 0.3) is 0 Å². The highest BCUT2D eigenvalue weighted by molar-refractivity contribution is 5.91. The Hall–Kier alpha value is -2.40. The van der Waals surface area contributed by atoms with E-state index in [0.29, 0.717) is 4.73 Å². The summed E-state index contributed by atoms with van der Waals surface area (Å²) in [7, 11) is 0. The first-order valence-corrected chi connectivity index (χ1v) is 5.96. The molecule has 0 aliphatic heterocycles. The first-order chi connectivity index (χ1) is 9.22. The van der Waals surface area contributed by atoms with Crippen LogP contribution < -0.4 is 15.8 Å². The average molecular weight is 257 g/mol. The van der Waals surface area contributed by atoms with Crippen molar-refractivity contribution in [2.75, 3.05) is 6.54 Å². The summed E-state index contributed by atoms with van der Waals surface area (Å²) in [6, 6.07) is 13.8. The van der Waals surface area contributed by atoms with E-state index in [1.165, 1.54) is 12.3 Å². The fourth-order valence-corrected chi connectivity index (χ4v) is 1.80. The van der Waals surface area contributed by atoms with Gasteiger partial charge in [-0.3, -0.25) is 4.79 Å². The molecule has 2 rings (SSSR count). The molecule has 0 saturated carbocycles. The van der Waals surface area contributed by atoms with Crippen LogP contribution in [0.4, 0.5) is 0 Å². The van der Waals surface area contributed by atoms with Gasteiger partial charge in [0.2, 0.25) is 0 Å². The minimum absolute atomic E-state index is 0.0527. The smallest absolute Gasteiger partial charge is 0.317 e. The van der Waals surface area contributed by atoms with Gasteiger partial charge < -0.3 is 16.3 Å². The first-order valence-electron chi connectivity index (χ1n) is 5.96. The van der Waals surface area contributed by atoms with Crippen molar-refractivity contribution < 1.29 is 9.52 Å². The Morgan fingerprint density at radius 1 is 1.21 bits per heavy atom. The molecule has 5 nitrogen and oxygen atoms in total. The fourth-order valence-electron chi connectivity index (χ4n) is 1.80. The minimum Gasteiger partial charge on any atom is -0.618 e. The second-order valence-electron chi connectivity index (χ2n) is 4.08. The van der Waals surface area contributed by atoms with Gasteiger partial charge in [0, 0.05) is 18.7 Å². The van der Waals surface area contributed by atoms with Crippen LogP contribution in [0.5, 0.6) is 0 Å². The molecule has 0 aliphatic rings. The summed E-state index contributed by atoms with van der Waals surface area (Å²) >= 11 is 0. The molecule has 1 unspecified atom stereocenters. The van der Waals surface area contributed by atoms with Crippen molar-refractivity contribution in [1.82, 2.24) is 5.32 Å². The van der Waals surface area contributed by atoms with Crippen LogP contribution in [0, 0.1) is 5.21 Å². The van der Waals surface area contributed by atoms with Crippen molar-refractivity contribution in [3.63, 3.8) is 0 Å². The summed E-state index contributed by atoms with van der Waals surface area (Å²) in [6.45, 7) is 0.265. The molecule has 1 aromatic heterocycles. The maximum absolute atomic E-state index is 12.0. The third-order valence-electron chi connectivity index (χ3n) is 2.80. The number of nitrogens with zero attached hydrogens (tertiary/aromatic N) is 1. The Bertz CT molecular complexity index is 558. The Labute approximate surface area is 111 Å². The Morgan fingerprint density at radius 3 is 2.53 bits per heavy atom. The number of carbonyl (C=O) groups excluding carboxylic acids is 1. The van der Waals surface area contributed by atoms with Crippen molar-refractivity contribution in [2.45, 2.75) is 6.04 Å². The lowest BCUT2D eigenvalue weighted by Gasteiger charge is -2.16. The molecule has 2 aromatic rings. The van der Waals surface area contributed by atoms with Gasteiger partial charge >= 0.3 is 5.91 Å². The molecule has 1 aromatic carbocycles. The molecule has 0 aliphatic carbocycles. The van der Waals surface area contributed by atoms with E-state index < -0.39 is 5.91 Å². The van der Waals surface area contributed by atoms with E-state index in [0.717, 1.165) is 5.56 Å². The number of nitrogens with two attached hydrogens (primary N) is 1. The average Bonchev–Trinajstić information content (AvgIpc) is 2.46. The van der Waals surface area contributed by atoms with Crippen LogP contribution in [0.1, 0.15) is 22.1 Å². The van der Waals surface area contributed by atoms with Crippen molar-refractivity contribution >= 4 is 5.91 Å². The molecule has 5 heteroatoms. The van der Waals surface area contributed by atoms with Crippen molar-refractivity contribution in [2.24, 2.45) is 5.73 Å². The number of rotatable bonds is 4. The predicted octanol–water partition coefficient (Wildman–Crippen LogP) is 0.750. The van der Waals surface area contributed by atoms with Gasteiger partial charge in [-0.15, -0.1) is 0 Å². The van der Waals surface area contributed by atoms with Gasteiger partial charge in [-0.25, -0.2) is 0 Å². The lowest BCUT2D eigenvalue weighted by molar-refractivity contribution is -0.607. The second kappa shape index (κ2) is 5.97. The van der Waals surface area contributed by atoms with E-state index in [4.69, 9.17) is 5.73 Å². The number of aromatic nitrogens is 1. The maximum Gasteiger partial charge on any atom is 0.317 e. The first kappa shape index (κ1) is 13.0. The highest BCUT2D eigenvalue weighted by Gasteiger charge is 2.19. The minimum atomic E-state index is -0.435. The van der Waals surface area contributed by atoms with Crippen LogP contribution in [0.3, 0.4) is 0 Å². The molecule has 1 heterocycles. The zero-order valence-corrected chi connectivity index (χ0v) is 10.3. The van der Waals surface area contributed by atoms with Crippen LogP contribution in [0.15, 0.2) is 54.7 Å². The molecular formula is C14H15N3O2. The number of amides is 1. The molecule has 0 radical (unpaired) electrons. The Kier molecular flexibility index (Phi) is 4.10. The van der Waals surface area contributed by atoms with E-state index in [2.05, 4.69) is 5.32 Å². The maximum atomic E-state index is 12.0. The van der Waals surface area contributed by atoms with E-state index in [-0.39, 0.29) is 18.3 Å². The zero-order chi connectivity index (χ0) is 13.7. The molecular weight excluding hydrogens is 242 g/mol. The number of pyridine rings is 1. The van der Waals surface area contributed by atoms with Crippen LogP contribution >= 0.6 is 0 Å². The highest BCUT2D eigenvalue weighted by atomic mass is 16.5. The van der Waals surface area contributed by atoms with Crippen molar-refractivity contribution in [1.29, 1.82) is 0 Å². The lowest BCUT2D eigenvalue weighted by Crippen LogP contribution is -2.41. The molecule has 0 bridgehead atoms. The van der Waals surface area contributed by atoms with Gasteiger partial charge in [0.25, 0.3) is 5.69 Å². The van der Waals surface area contributed by atoms with Gasteiger partial charge in [-0.2, -0.15) is 4.73 Å². The van der Waals surface area contributed by atoms with Crippen molar-refractivity contribution in [3.8, 4) is 0 Å². The number of hydrogen-bond donors (Lipinski definition) is 2. The largest absolute Gasteiger partial charge is 0.618 e. The summed E-state index contributed by atoms with van der Waals surface area (Å²) < 4.78 is 0.536. The number of benzene rings is 1. The molecule has 19 heavy (non-hydrogen) atoms. The number of carbonyl (C=O) groups is 1. The summed E-state index contributed by atoms with van der Waals surface area (Å²) in [4.78, 5) is 12.0. The third kappa shape index (κ3) is 3.08. The van der Waals surface area contributed by atoms with Gasteiger partial charge in [0.1, 0.15) is 0 Å². The lowest BCUT2D eigenvalue weighted by atomic mass is 10.1. The fraction of sp³-hybridized carbons (Fsp3) is 0.143. The molecule has 0 spiro atoms. The quantitative estimate of drug-likeness (QED) is 0.626. The molecule has 98 valence electrons. The summed E-state index contributed by atoms with van der Waals surface area (Å²) in [5.41, 5.74) is 6.63. The third-order valence-corrected chi connectivity index (χ3v) is 2.80. The number of nitrogens with one attached hydrogen (secondary N) is 1. The normalized spacial score (nSPS) is 11.8. The Morgan fingerprint density at radius 2 is 1.89 bits per heavy atom. The predicted molar refractivity (Wildman–Crippen MR) is 71.1 cm³/mol. The molecule has 0 saturated heterocycles. The Balaban J connectivity index is 2.16. The summed E-state index contributed by atoms with van der Waals surface area (Å²) in [5, 5.41) is 14.2. The highest BCUT2D eigenvalue weighted by Crippen LogP contribution is 2.11. The van der Waals surface area contributed by atoms with Gasteiger partial charge in [0.05, 0.1) is 6.04 Å². The van der Waals surface area contributed by atoms with Gasteiger partial charge in [0.15, 0.2) is 6.20 Å². The summed E-state index contributed by atoms with van der Waals surface area (Å²) in [6.07, 6.45) is 1.29. The van der Waals surface area contributed by atoms with Crippen molar-refractivity contribution in [3.05, 3.63) is 71.2 Å². The SMILES string of the molecule is NCC(NC(=O)c1cccc[n+]1[O-])c1ccccc1. The monoisotopic (exact) mass is 257 g/mol. The van der Waals surface area contributed by atoms with Gasteiger partial charge in [-0.1, -0.05) is 30.3 Å².